The van der Waals surface area contributed by atoms with E-state index in [4.69, 9.17) is 4.74 Å². The standard InChI is InChI=1S/C39H42F7N5O4/c40-36(41)7-5-24(6-8-36)51-17-30(28-4-3-27(15-31(28)51)55-26-2-1-25(14-26)50-18-37(42,43)19-50)33-47-16-29(32(48-33)39(44,45)46)34(52)49-38(35(53)54)22-10-20-9-21(12-22)13-23(38)11-20/h3-4,15-17,20-26H,1-2,5-14,18-19H2,(H,49,52)(H,53,54). The average Bonchev–Trinajstić information content (AvgIpc) is 3.72. The van der Waals surface area contributed by atoms with Crippen LogP contribution in [-0.2, 0) is 11.0 Å². The Labute approximate surface area is 312 Å². The van der Waals surface area contributed by atoms with Gasteiger partial charge in [0.05, 0.1) is 24.2 Å². The summed E-state index contributed by atoms with van der Waals surface area (Å²) in [7, 11) is 0. The zero-order valence-electron chi connectivity index (χ0n) is 29.9. The summed E-state index contributed by atoms with van der Waals surface area (Å²) in [5, 5.41) is 13.5. The van der Waals surface area contributed by atoms with Crippen LogP contribution >= 0.6 is 0 Å². The van der Waals surface area contributed by atoms with Crippen molar-refractivity contribution in [3.63, 3.8) is 0 Å². The number of nitrogens with one attached hydrogen (secondary N) is 1. The highest BCUT2D eigenvalue weighted by molar-refractivity contribution is 6.00. The largest absolute Gasteiger partial charge is 0.490 e. The number of aliphatic carboxylic acids is 1. The Hall–Kier alpha value is -3.95. The van der Waals surface area contributed by atoms with Gasteiger partial charge in [0, 0.05) is 54.3 Å². The molecule has 4 bridgehead atoms. The molecule has 2 atom stereocenters. The fraction of sp³-hybridized carbons (Fsp3) is 0.641. The van der Waals surface area contributed by atoms with Gasteiger partial charge in [-0.2, -0.15) is 13.2 Å². The zero-order chi connectivity index (χ0) is 38.7. The van der Waals surface area contributed by atoms with Gasteiger partial charge in [-0.05, 0) is 100 Å². The van der Waals surface area contributed by atoms with Gasteiger partial charge in [-0.15, -0.1) is 0 Å². The topological polar surface area (TPSA) is 110 Å². The van der Waals surface area contributed by atoms with Gasteiger partial charge in [0.2, 0.25) is 5.92 Å². The summed E-state index contributed by atoms with van der Waals surface area (Å²) in [6.45, 7) is -0.552. The molecule has 10 rings (SSSR count). The second kappa shape index (κ2) is 12.8. The predicted molar refractivity (Wildman–Crippen MR) is 184 cm³/mol. The summed E-state index contributed by atoms with van der Waals surface area (Å²) in [5.74, 6) is -7.92. The lowest BCUT2D eigenvalue weighted by Crippen LogP contribution is -2.70. The third-order valence-electron chi connectivity index (χ3n) is 13.6. The smallest absolute Gasteiger partial charge is 0.434 e. The van der Waals surface area contributed by atoms with E-state index in [0.29, 0.717) is 73.4 Å². The lowest BCUT2D eigenvalue weighted by Gasteiger charge is -2.59. The maximum absolute atomic E-state index is 14.8. The van der Waals surface area contributed by atoms with Crippen molar-refractivity contribution >= 4 is 22.8 Å². The number of fused-ring (bicyclic) bond motifs is 1. The molecule has 16 heteroatoms. The number of carbonyl (C=O) groups is 2. The van der Waals surface area contributed by atoms with E-state index in [9.17, 15) is 45.4 Å². The molecule has 2 N–H and O–H groups in total. The van der Waals surface area contributed by atoms with Gasteiger partial charge in [0.25, 0.3) is 11.8 Å². The van der Waals surface area contributed by atoms with Gasteiger partial charge < -0.3 is 19.7 Å². The van der Waals surface area contributed by atoms with Gasteiger partial charge in [0.1, 0.15) is 17.4 Å². The Morgan fingerprint density at radius 3 is 2.16 bits per heavy atom. The minimum absolute atomic E-state index is 0.0275. The van der Waals surface area contributed by atoms with Crippen LogP contribution in [-0.4, -0.2) is 79.0 Å². The number of carboxylic acid groups (broad SMARTS) is 1. The molecule has 55 heavy (non-hydrogen) atoms. The first-order valence-electron chi connectivity index (χ1n) is 19.3. The predicted octanol–water partition coefficient (Wildman–Crippen LogP) is 8.13. The van der Waals surface area contributed by atoms with E-state index in [1.165, 1.54) is 0 Å². The maximum atomic E-state index is 14.8. The molecule has 0 radical (unpaired) electrons. The van der Waals surface area contributed by atoms with E-state index in [1.54, 1.807) is 33.9 Å². The van der Waals surface area contributed by atoms with Gasteiger partial charge >= 0.3 is 12.1 Å². The number of amides is 1. The molecule has 1 aromatic carbocycles. The highest BCUT2D eigenvalue weighted by Gasteiger charge is 2.62. The molecule has 0 spiro atoms. The number of aromatic nitrogens is 3. The molecule has 3 aromatic rings. The minimum Gasteiger partial charge on any atom is -0.490 e. The van der Waals surface area contributed by atoms with E-state index in [-0.39, 0.29) is 74.1 Å². The lowest BCUT2D eigenvalue weighted by molar-refractivity contribution is -0.163. The van der Waals surface area contributed by atoms with Crippen LogP contribution in [0, 0.1) is 23.7 Å². The number of benzene rings is 1. The lowest BCUT2D eigenvalue weighted by atomic mass is 9.48. The molecule has 2 unspecified atom stereocenters. The number of carboxylic acids is 1. The zero-order valence-corrected chi connectivity index (χ0v) is 29.9. The van der Waals surface area contributed by atoms with Crippen molar-refractivity contribution in [2.45, 2.75) is 119 Å². The fourth-order valence-corrected chi connectivity index (χ4v) is 11.1. The number of carbonyl (C=O) groups excluding carboxylic acids is 1. The van der Waals surface area contributed by atoms with Gasteiger partial charge in [-0.25, -0.2) is 32.3 Å². The van der Waals surface area contributed by atoms with E-state index < -0.39 is 52.7 Å². The first kappa shape index (κ1) is 36.7. The minimum atomic E-state index is -5.11. The van der Waals surface area contributed by atoms with Crippen LogP contribution in [0.3, 0.4) is 0 Å². The van der Waals surface area contributed by atoms with Crippen molar-refractivity contribution < 1.29 is 50.2 Å². The van der Waals surface area contributed by atoms with E-state index >= 15 is 0 Å². The molecule has 6 aliphatic carbocycles. The summed E-state index contributed by atoms with van der Waals surface area (Å²) in [6.07, 6.45) is 1.81. The molecular weight excluding hydrogens is 735 g/mol. The van der Waals surface area contributed by atoms with E-state index in [2.05, 4.69) is 15.3 Å². The molecule has 296 valence electrons. The van der Waals surface area contributed by atoms with Crippen LogP contribution in [0.15, 0.2) is 30.6 Å². The molecule has 9 nitrogen and oxygen atoms in total. The number of nitrogens with zero attached hydrogens (tertiary/aromatic N) is 4. The Morgan fingerprint density at radius 1 is 0.873 bits per heavy atom. The summed E-state index contributed by atoms with van der Waals surface area (Å²) < 4.78 is 108. The number of ether oxygens (including phenoxy) is 1. The van der Waals surface area contributed by atoms with Crippen molar-refractivity contribution in [1.82, 2.24) is 24.8 Å². The summed E-state index contributed by atoms with van der Waals surface area (Å²) in [4.78, 5) is 36.5. The SMILES string of the molecule is O=C(NC1(C(=O)O)C2CC3CC(C2)CC1C3)c1cnc(-c2cn(C3CCC(F)(F)CC3)c3cc(OC4CCC(N5CC(F)(F)C5)C4)ccc23)nc1C(F)(F)F. The first-order chi connectivity index (χ1) is 26.0. The molecule has 1 amide bonds. The van der Waals surface area contributed by atoms with Crippen LogP contribution in [0.5, 0.6) is 5.75 Å². The number of halogens is 7. The maximum Gasteiger partial charge on any atom is 0.434 e. The summed E-state index contributed by atoms with van der Waals surface area (Å²) in [6, 6.07) is 4.57. The second-order valence-electron chi connectivity index (χ2n) is 17.1. The Bertz CT molecular complexity index is 1990. The first-order valence-corrected chi connectivity index (χ1v) is 19.3. The highest BCUT2D eigenvalue weighted by Crippen LogP contribution is 2.58. The van der Waals surface area contributed by atoms with Crippen molar-refractivity contribution in [3.05, 3.63) is 41.9 Å². The number of alkyl halides is 7. The molecule has 1 saturated heterocycles. The van der Waals surface area contributed by atoms with Crippen LogP contribution in [0.2, 0.25) is 0 Å². The third kappa shape index (κ3) is 6.43. The van der Waals surface area contributed by atoms with Crippen LogP contribution in [0.1, 0.15) is 99.1 Å². The normalized spacial score (nSPS) is 32.8. The van der Waals surface area contributed by atoms with Gasteiger partial charge in [-0.3, -0.25) is 9.69 Å². The molecule has 6 saturated carbocycles. The Morgan fingerprint density at radius 2 is 1.55 bits per heavy atom. The average molecular weight is 778 g/mol. The van der Waals surface area contributed by atoms with Crippen LogP contribution in [0.25, 0.3) is 22.3 Å². The Balaban J connectivity index is 1.04. The Kier molecular flexibility index (Phi) is 8.52. The van der Waals surface area contributed by atoms with Crippen LogP contribution < -0.4 is 10.1 Å². The number of hydrogen-bond donors (Lipinski definition) is 2. The molecular formula is C39H42F7N5O4. The fourth-order valence-electron chi connectivity index (χ4n) is 11.1. The van der Waals surface area contributed by atoms with E-state index in [1.807, 2.05) is 0 Å². The number of likely N-dealkylation sites (tertiary alicyclic amines) is 1. The van der Waals surface area contributed by atoms with Crippen molar-refractivity contribution in [1.29, 1.82) is 0 Å². The van der Waals surface area contributed by atoms with Gasteiger partial charge in [0.15, 0.2) is 11.5 Å². The van der Waals surface area contributed by atoms with Crippen molar-refractivity contribution in [3.8, 4) is 17.1 Å². The van der Waals surface area contributed by atoms with E-state index in [0.717, 1.165) is 12.6 Å². The summed E-state index contributed by atoms with van der Waals surface area (Å²) in [5.41, 5.74) is -3.36. The van der Waals surface area contributed by atoms with Crippen molar-refractivity contribution in [2.24, 2.45) is 23.7 Å². The number of hydrogen-bond acceptors (Lipinski definition) is 6. The molecule has 2 aromatic heterocycles. The van der Waals surface area contributed by atoms with Crippen molar-refractivity contribution in [2.75, 3.05) is 13.1 Å². The second-order valence-corrected chi connectivity index (χ2v) is 17.1. The molecule has 7 aliphatic rings. The highest BCUT2D eigenvalue weighted by atomic mass is 19.4. The molecule has 1 aliphatic heterocycles. The molecule has 3 heterocycles. The van der Waals surface area contributed by atoms with Crippen LogP contribution in [0.4, 0.5) is 30.7 Å². The summed E-state index contributed by atoms with van der Waals surface area (Å²) >= 11 is 0. The van der Waals surface area contributed by atoms with Gasteiger partial charge in [-0.1, -0.05) is 0 Å². The quantitative estimate of drug-likeness (QED) is 0.223. The monoisotopic (exact) mass is 777 g/mol. The molecule has 7 fully saturated rings. The third-order valence-corrected chi connectivity index (χ3v) is 13.6. The number of rotatable bonds is 8.